The molecule has 1 atom stereocenters. The molecule has 2 aromatic rings. The van der Waals surface area contributed by atoms with Crippen LogP contribution in [0.2, 0.25) is 5.02 Å². The molecule has 21 heavy (non-hydrogen) atoms. The van der Waals surface area contributed by atoms with Crippen LogP contribution in [-0.2, 0) is 11.3 Å². The van der Waals surface area contributed by atoms with Crippen molar-refractivity contribution in [1.29, 1.82) is 0 Å². The number of ether oxygens (including phenoxy) is 1. The Kier molecular flexibility index (Phi) is 5.17. The lowest BCUT2D eigenvalue weighted by molar-refractivity contribution is -0.127. The lowest BCUT2D eigenvalue weighted by Gasteiger charge is -2.14. The number of halogens is 2. The minimum Gasteiger partial charge on any atom is -0.481 e. The van der Waals surface area contributed by atoms with Crippen molar-refractivity contribution in [2.24, 2.45) is 0 Å². The first-order chi connectivity index (χ1) is 10.0. The van der Waals surface area contributed by atoms with Gasteiger partial charge in [-0.05, 0) is 48.9 Å². The van der Waals surface area contributed by atoms with Gasteiger partial charge in [0, 0.05) is 11.6 Å². The largest absolute Gasteiger partial charge is 0.481 e. The van der Waals surface area contributed by atoms with Crippen LogP contribution in [0.4, 0.5) is 4.39 Å². The maximum absolute atomic E-state index is 12.8. The van der Waals surface area contributed by atoms with E-state index < -0.39 is 6.10 Å². The van der Waals surface area contributed by atoms with E-state index in [-0.39, 0.29) is 11.7 Å². The molecular formula is C16H15ClFNO2. The first kappa shape index (κ1) is 15.3. The summed E-state index contributed by atoms with van der Waals surface area (Å²) in [5, 5.41) is 3.42. The van der Waals surface area contributed by atoms with E-state index in [9.17, 15) is 9.18 Å². The molecular weight excluding hydrogens is 293 g/mol. The second-order valence-corrected chi connectivity index (χ2v) is 4.99. The molecule has 0 aliphatic heterocycles. The molecule has 3 nitrogen and oxygen atoms in total. The molecule has 0 aliphatic rings. The average Bonchev–Trinajstić information content (AvgIpc) is 2.48. The van der Waals surface area contributed by atoms with Crippen LogP contribution in [0.3, 0.4) is 0 Å². The van der Waals surface area contributed by atoms with Crippen molar-refractivity contribution in [2.75, 3.05) is 0 Å². The summed E-state index contributed by atoms with van der Waals surface area (Å²) in [7, 11) is 0. The second kappa shape index (κ2) is 7.09. The molecule has 0 aliphatic carbocycles. The fraction of sp³-hybridized carbons (Fsp3) is 0.188. The van der Waals surface area contributed by atoms with E-state index in [1.54, 1.807) is 19.1 Å². The highest BCUT2D eigenvalue weighted by atomic mass is 35.5. The minimum absolute atomic E-state index is 0.241. The number of hydrogen-bond donors (Lipinski definition) is 1. The summed E-state index contributed by atoms with van der Waals surface area (Å²) in [6.45, 7) is 2.04. The Bertz CT molecular complexity index is 599. The van der Waals surface area contributed by atoms with Crippen molar-refractivity contribution in [3.05, 3.63) is 64.9 Å². The summed E-state index contributed by atoms with van der Waals surface area (Å²) >= 11 is 5.79. The molecule has 0 fully saturated rings. The fourth-order valence-electron chi connectivity index (χ4n) is 1.71. The van der Waals surface area contributed by atoms with Gasteiger partial charge in [0.2, 0.25) is 0 Å². The lowest BCUT2D eigenvalue weighted by atomic mass is 10.2. The molecule has 2 rings (SSSR count). The van der Waals surface area contributed by atoms with Crippen molar-refractivity contribution in [3.8, 4) is 5.75 Å². The van der Waals surface area contributed by atoms with Crippen LogP contribution >= 0.6 is 11.6 Å². The van der Waals surface area contributed by atoms with E-state index in [4.69, 9.17) is 16.3 Å². The van der Waals surface area contributed by atoms with Crippen LogP contribution in [0.15, 0.2) is 48.5 Å². The van der Waals surface area contributed by atoms with Gasteiger partial charge in [-0.25, -0.2) is 4.39 Å². The summed E-state index contributed by atoms with van der Waals surface area (Å²) in [6, 6.07) is 12.8. The quantitative estimate of drug-likeness (QED) is 0.917. The van der Waals surface area contributed by atoms with Crippen molar-refractivity contribution in [2.45, 2.75) is 19.6 Å². The predicted octanol–water partition coefficient (Wildman–Crippen LogP) is 3.56. The van der Waals surface area contributed by atoms with Gasteiger partial charge in [0.05, 0.1) is 0 Å². The zero-order valence-corrected chi connectivity index (χ0v) is 12.2. The lowest BCUT2D eigenvalue weighted by Crippen LogP contribution is -2.35. The summed E-state index contributed by atoms with van der Waals surface area (Å²) < 4.78 is 18.2. The van der Waals surface area contributed by atoms with Gasteiger partial charge in [0.15, 0.2) is 6.10 Å². The molecule has 1 N–H and O–H groups in total. The Labute approximate surface area is 127 Å². The van der Waals surface area contributed by atoms with Crippen molar-refractivity contribution in [3.63, 3.8) is 0 Å². The topological polar surface area (TPSA) is 38.3 Å². The molecule has 0 bridgehead atoms. The molecule has 110 valence electrons. The Balaban J connectivity index is 1.84. The van der Waals surface area contributed by atoms with Gasteiger partial charge in [0.25, 0.3) is 5.91 Å². The number of rotatable bonds is 5. The van der Waals surface area contributed by atoms with Crippen LogP contribution in [0.5, 0.6) is 5.75 Å². The molecule has 0 unspecified atom stereocenters. The molecule has 0 aromatic heterocycles. The SMILES string of the molecule is C[C@@H](Oc1ccc(F)cc1)C(=O)NCc1ccc(Cl)cc1. The van der Waals surface area contributed by atoms with Gasteiger partial charge in [-0.2, -0.15) is 0 Å². The third kappa shape index (κ3) is 4.76. The average molecular weight is 308 g/mol. The van der Waals surface area contributed by atoms with Gasteiger partial charge in [-0.1, -0.05) is 23.7 Å². The zero-order chi connectivity index (χ0) is 15.2. The maximum Gasteiger partial charge on any atom is 0.261 e. The van der Waals surface area contributed by atoms with Crippen molar-refractivity contribution in [1.82, 2.24) is 5.32 Å². The minimum atomic E-state index is -0.664. The third-order valence-corrected chi connectivity index (χ3v) is 3.13. The Morgan fingerprint density at radius 3 is 2.43 bits per heavy atom. The third-order valence-electron chi connectivity index (χ3n) is 2.88. The standard InChI is InChI=1S/C16H15ClFNO2/c1-11(21-15-8-6-14(18)7-9-15)16(20)19-10-12-2-4-13(17)5-3-12/h2-9,11H,10H2,1H3,(H,19,20)/t11-/m1/s1. The van der Waals surface area contributed by atoms with E-state index in [0.29, 0.717) is 17.3 Å². The molecule has 0 heterocycles. The van der Waals surface area contributed by atoms with Gasteiger partial charge in [-0.15, -0.1) is 0 Å². The van der Waals surface area contributed by atoms with E-state index in [1.165, 1.54) is 24.3 Å². The Morgan fingerprint density at radius 2 is 1.81 bits per heavy atom. The summed E-state index contributed by atoms with van der Waals surface area (Å²) in [4.78, 5) is 11.9. The van der Waals surface area contributed by atoms with Gasteiger partial charge in [-0.3, -0.25) is 4.79 Å². The monoisotopic (exact) mass is 307 g/mol. The maximum atomic E-state index is 12.8. The van der Waals surface area contributed by atoms with E-state index in [2.05, 4.69) is 5.32 Å². The van der Waals surface area contributed by atoms with Crippen LogP contribution in [-0.4, -0.2) is 12.0 Å². The number of carbonyl (C=O) groups is 1. The second-order valence-electron chi connectivity index (χ2n) is 4.56. The summed E-state index contributed by atoms with van der Waals surface area (Å²) in [6.07, 6.45) is -0.664. The van der Waals surface area contributed by atoms with Gasteiger partial charge >= 0.3 is 0 Å². The van der Waals surface area contributed by atoms with Crippen LogP contribution in [0.1, 0.15) is 12.5 Å². The van der Waals surface area contributed by atoms with Gasteiger partial charge < -0.3 is 10.1 Å². The first-order valence-electron chi connectivity index (χ1n) is 6.49. The van der Waals surface area contributed by atoms with Crippen LogP contribution in [0, 0.1) is 5.82 Å². The number of nitrogens with one attached hydrogen (secondary N) is 1. The number of carbonyl (C=O) groups excluding carboxylic acids is 1. The highest BCUT2D eigenvalue weighted by Gasteiger charge is 2.14. The Hall–Kier alpha value is -2.07. The molecule has 0 saturated heterocycles. The number of amides is 1. The highest BCUT2D eigenvalue weighted by Crippen LogP contribution is 2.13. The molecule has 2 aromatic carbocycles. The fourth-order valence-corrected chi connectivity index (χ4v) is 1.83. The van der Waals surface area contributed by atoms with Crippen LogP contribution in [0.25, 0.3) is 0 Å². The summed E-state index contributed by atoms with van der Waals surface area (Å²) in [5.74, 6) is -0.137. The molecule has 5 heteroatoms. The molecule has 0 spiro atoms. The van der Waals surface area contributed by atoms with E-state index in [1.807, 2.05) is 12.1 Å². The van der Waals surface area contributed by atoms with Crippen molar-refractivity contribution < 1.29 is 13.9 Å². The smallest absolute Gasteiger partial charge is 0.261 e. The van der Waals surface area contributed by atoms with E-state index >= 15 is 0 Å². The summed E-state index contributed by atoms with van der Waals surface area (Å²) in [5.41, 5.74) is 0.946. The predicted molar refractivity (Wildman–Crippen MR) is 79.8 cm³/mol. The normalized spacial score (nSPS) is 11.8. The number of benzene rings is 2. The first-order valence-corrected chi connectivity index (χ1v) is 6.87. The van der Waals surface area contributed by atoms with E-state index in [0.717, 1.165) is 5.56 Å². The van der Waals surface area contributed by atoms with Gasteiger partial charge in [0.1, 0.15) is 11.6 Å². The number of hydrogen-bond acceptors (Lipinski definition) is 2. The molecule has 0 saturated carbocycles. The molecule has 1 amide bonds. The highest BCUT2D eigenvalue weighted by molar-refractivity contribution is 6.30. The zero-order valence-electron chi connectivity index (χ0n) is 11.5. The molecule has 0 radical (unpaired) electrons. The Morgan fingerprint density at radius 1 is 1.19 bits per heavy atom. The van der Waals surface area contributed by atoms with Crippen molar-refractivity contribution >= 4 is 17.5 Å². The van der Waals surface area contributed by atoms with Crippen LogP contribution < -0.4 is 10.1 Å².